The molecular formula is C31H29NOS. The Bertz CT molecular complexity index is 1690. The molecule has 0 saturated carbocycles. The van der Waals surface area contributed by atoms with Crippen molar-refractivity contribution in [3.63, 3.8) is 0 Å². The lowest BCUT2D eigenvalue weighted by Gasteiger charge is -2.22. The lowest BCUT2D eigenvalue weighted by molar-refractivity contribution is 0.596. The Hall–Kier alpha value is -3.17. The van der Waals surface area contributed by atoms with Gasteiger partial charge in [0.15, 0.2) is 5.58 Å². The smallest absolute Gasteiger partial charge is 0.161 e. The summed E-state index contributed by atoms with van der Waals surface area (Å²) in [7, 11) is 0. The van der Waals surface area contributed by atoms with Crippen LogP contribution in [0.15, 0.2) is 71.3 Å². The second-order valence-corrected chi connectivity index (χ2v) is 11.9. The first-order valence-corrected chi connectivity index (χ1v) is 12.9. The molecule has 0 aliphatic carbocycles. The first kappa shape index (κ1) is 21.4. The van der Waals surface area contributed by atoms with Gasteiger partial charge in [-0.1, -0.05) is 58.9 Å². The van der Waals surface area contributed by atoms with Crippen molar-refractivity contribution in [2.45, 2.75) is 46.5 Å². The van der Waals surface area contributed by atoms with Gasteiger partial charge in [-0.2, -0.15) is 0 Å². The number of thiophene rings is 1. The highest BCUT2D eigenvalue weighted by atomic mass is 32.1. The van der Waals surface area contributed by atoms with Crippen LogP contribution in [0, 0.1) is 5.92 Å². The zero-order chi connectivity index (χ0) is 23.6. The molecule has 34 heavy (non-hydrogen) atoms. The predicted molar refractivity (Wildman–Crippen MR) is 147 cm³/mol. The normalized spacial score (nSPS) is 12.6. The summed E-state index contributed by atoms with van der Waals surface area (Å²) in [4.78, 5) is 6.27. The molecule has 3 heterocycles. The Labute approximate surface area is 204 Å². The summed E-state index contributed by atoms with van der Waals surface area (Å²) in [6.07, 6.45) is 3.04. The molecule has 0 unspecified atom stereocenters. The van der Waals surface area contributed by atoms with Crippen molar-refractivity contribution in [3.8, 4) is 11.3 Å². The largest absolute Gasteiger partial charge is 0.454 e. The van der Waals surface area contributed by atoms with Crippen LogP contribution in [0.1, 0.15) is 45.1 Å². The van der Waals surface area contributed by atoms with Crippen molar-refractivity contribution in [1.29, 1.82) is 0 Å². The van der Waals surface area contributed by atoms with E-state index in [2.05, 4.69) is 95.3 Å². The van der Waals surface area contributed by atoms with Crippen LogP contribution in [0.3, 0.4) is 0 Å². The third-order valence-electron chi connectivity index (χ3n) is 6.64. The molecule has 0 atom stereocenters. The average Bonchev–Trinajstić information content (AvgIpc) is 3.37. The number of furan rings is 1. The summed E-state index contributed by atoms with van der Waals surface area (Å²) in [5.74, 6) is 0.644. The van der Waals surface area contributed by atoms with Gasteiger partial charge in [0.2, 0.25) is 0 Å². The summed E-state index contributed by atoms with van der Waals surface area (Å²) in [6, 6.07) is 22.0. The third-order valence-corrected chi connectivity index (χ3v) is 7.83. The second kappa shape index (κ2) is 7.68. The molecule has 0 fully saturated rings. The molecule has 0 amide bonds. The molecular weight excluding hydrogens is 434 g/mol. The standard InChI is InChI=1S/C31H29NOS/c1-18(2)14-22-16-20-10-11-26-27(30(20)34-22)24-12-13-32-28(29(24)33-26)21-15-19-8-6-7-9-23(19)25(17-21)31(3,4)5/h6-13,15-18H,14H2,1-5H3. The van der Waals surface area contributed by atoms with E-state index in [-0.39, 0.29) is 5.41 Å². The van der Waals surface area contributed by atoms with Crippen molar-refractivity contribution < 1.29 is 4.42 Å². The van der Waals surface area contributed by atoms with Gasteiger partial charge >= 0.3 is 0 Å². The minimum absolute atomic E-state index is 0.0212. The topological polar surface area (TPSA) is 26.0 Å². The van der Waals surface area contributed by atoms with Gasteiger partial charge in [-0.05, 0) is 75.9 Å². The molecule has 0 bridgehead atoms. The molecule has 0 N–H and O–H groups in total. The SMILES string of the molecule is CC(C)Cc1cc2ccc3oc4c(-c5cc(C(C)(C)C)c6ccccc6c5)nccc4c3c2s1. The van der Waals surface area contributed by atoms with Gasteiger partial charge in [-0.3, -0.25) is 4.98 Å². The fraction of sp³-hybridized carbons (Fsp3) is 0.258. The number of rotatable bonds is 3. The molecule has 0 saturated heterocycles. The van der Waals surface area contributed by atoms with E-state index < -0.39 is 0 Å². The van der Waals surface area contributed by atoms with E-state index in [0.29, 0.717) is 5.92 Å². The highest BCUT2D eigenvalue weighted by molar-refractivity contribution is 7.20. The zero-order valence-corrected chi connectivity index (χ0v) is 21.2. The molecule has 6 aromatic rings. The van der Waals surface area contributed by atoms with Crippen molar-refractivity contribution >= 4 is 54.1 Å². The predicted octanol–water partition coefficient (Wildman–Crippen LogP) is 9.51. The molecule has 0 aliphatic heterocycles. The number of benzene rings is 3. The van der Waals surface area contributed by atoms with Crippen LogP contribution in [0.5, 0.6) is 0 Å². The monoisotopic (exact) mass is 463 g/mol. The quantitative estimate of drug-likeness (QED) is 0.261. The van der Waals surface area contributed by atoms with Crippen molar-refractivity contribution in [1.82, 2.24) is 4.98 Å². The van der Waals surface area contributed by atoms with E-state index in [4.69, 9.17) is 9.40 Å². The maximum Gasteiger partial charge on any atom is 0.161 e. The Balaban J connectivity index is 1.63. The Morgan fingerprint density at radius 1 is 0.912 bits per heavy atom. The molecule has 2 nitrogen and oxygen atoms in total. The fourth-order valence-electron chi connectivity index (χ4n) is 5.11. The maximum absolute atomic E-state index is 6.52. The highest BCUT2D eigenvalue weighted by Crippen LogP contribution is 2.42. The van der Waals surface area contributed by atoms with E-state index in [9.17, 15) is 0 Å². The minimum atomic E-state index is 0.0212. The van der Waals surface area contributed by atoms with E-state index in [1.807, 2.05) is 17.5 Å². The van der Waals surface area contributed by atoms with Crippen LogP contribution in [0.2, 0.25) is 0 Å². The summed E-state index contributed by atoms with van der Waals surface area (Å²) in [5, 5.41) is 6.20. The third kappa shape index (κ3) is 3.42. The number of nitrogens with zero attached hydrogens (tertiary/aromatic N) is 1. The summed E-state index contributed by atoms with van der Waals surface area (Å²) < 4.78 is 7.84. The minimum Gasteiger partial charge on any atom is -0.454 e. The molecule has 0 spiro atoms. The number of aromatic nitrogens is 1. The molecule has 0 aliphatic rings. The first-order chi connectivity index (χ1) is 16.3. The van der Waals surface area contributed by atoms with Gasteiger partial charge in [-0.15, -0.1) is 11.3 Å². The van der Waals surface area contributed by atoms with Crippen molar-refractivity contribution in [3.05, 3.63) is 77.3 Å². The summed E-state index contributed by atoms with van der Waals surface area (Å²) in [5.41, 5.74) is 5.18. The number of fused-ring (bicyclic) bond motifs is 6. The lowest BCUT2D eigenvalue weighted by Crippen LogP contribution is -2.12. The van der Waals surface area contributed by atoms with Crippen LogP contribution in [-0.4, -0.2) is 4.98 Å². The van der Waals surface area contributed by atoms with Crippen molar-refractivity contribution in [2.24, 2.45) is 5.92 Å². The Morgan fingerprint density at radius 2 is 1.74 bits per heavy atom. The van der Waals surface area contributed by atoms with E-state index in [1.165, 1.54) is 36.7 Å². The Kier molecular flexibility index (Phi) is 4.82. The van der Waals surface area contributed by atoms with Gasteiger partial charge in [0.25, 0.3) is 0 Å². The van der Waals surface area contributed by atoms with E-state index in [1.54, 1.807) is 0 Å². The summed E-state index contributed by atoms with van der Waals surface area (Å²) >= 11 is 1.90. The molecule has 6 rings (SSSR count). The van der Waals surface area contributed by atoms with Gasteiger partial charge in [-0.25, -0.2) is 0 Å². The number of hydrogen-bond donors (Lipinski definition) is 0. The second-order valence-electron chi connectivity index (χ2n) is 10.8. The van der Waals surface area contributed by atoms with Crippen LogP contribution < -0.4 is 0 Å². The van der Waals surface area contributed by atoms with Crippen LogP contribution in [0.25, 0.3) is 54.1 Å². The molecule has 3 aromatic carbocycles. The average molecular weight is 464 g/mol. The van der Waals surface area contributed by atoms with E-state index in [0.717, 1.165) is 34.2 Å². The molecule has 170 valence electrons. The first-order valence-electron chi connectivity index (χ1n) is 12.1. The molecule has 3 aromatic heterocycles. The summed E-state index contributed by atoms with van der Waals surface area (Å²) in [6.45, 7) is 11.4. The van der Waals surface area contributed by atoms with Crippen LogP contribution in [-0.2, 0) is 11.8 Å². The fourth-order valence-corrected chi connectivity index (χ4v) is 6.54. The van der Waals surface area contributed by atoms with Gasteiger partial charge in [0.05, 0.1) is 0 Å². The van der Waals surface area contributed by atoms with Crippen LogP contribution in [0.4, 0.5) is 0 Å². The van der Waals surface area contributed by atoms with Crippen molar-refractivity contribution in [2.75, 3.05) is 0 Å². The zero-order valence-electron chi connectivity index (χ0n) is 20.4. The maximum atomic E-state index is 6.52. The van der Waals surface area contributed by atoms with Gasteiger partial charge in [0.1, 0.15) is 11.3 Å². The molecule has 3 heteroatoms. The number of pyridine rings is 1. The molecule has 0 radical (unpaired) electrons. The van der Waals surface area contributed by atoms with Gasteiger partial charge < -0.3 is 4.42 Å². The van der Waals surface area contributed by atoms with E-state index >= 15 is 0 Å². The highest BCUT2D eigenvalue weighted by Gasteiger charge is 2.21. The van der Waals surface area contributed by atoms with Gasteiger partial charge in [0, 0.05) is 32.1 Å². The number of hydrogen-bond acceptors (Lipinski definition) is 3. The Morgan fingerprint density at radius 3 is 2.53 bits per heavy atom. The van der Waals surface area contributed by atoms with Crippen LogP contribution >= 0.6 is 11.3 Å². The lowest BCUT2D eigenvalue weighted by atomic mass is 9.82.